The van der Waals surface area contributed by atoms with Gasteiger partial charge >= 0.3 is 0 Å². The minimum atomic E-state index is -0.321. The maximum Gasteiger partial charge on any atom is 0.129 e. The zero-order valence-corrected chi connectivity index (χ0v) is 6.99. The topological polar surface area (TPSA) is 21.3 Å². The third-order valence-corrected chi connectivity index (χ3v) is 1.83. The highest BCUT2D eigenvalue weighted by Gasteiger charge is 1.99. The van der Waals surface area contributed by atoms with E-state index in [1.165, 1.54) is 0 Å². The van der Waals surface area contributed by atoms with Crippen LogP contribution in [0.15, 0.2) is 0 Å². The highest BCUT2D eigenvalue weighted by atomic mass is 28.3. The molecule has 0 saturated heterocycles. The lowest BCUT2D eigenvalue weighted by atomic mass is 10.7. The maximum atomic E-state index is 4.98. The summed E-state index contributed by atoms with van der Waals surface area (Å²) in [6.07, 6.45) is 0.221. The van der Waals surface area contributed by atoms with Gasteiger partial charge in [-0.25, -0.2) is 0 Å². The number of rotatable bonds is 3. The van der Waals surface area contributed by atoms with Crippen LogP contribution in [0.1, 0.15) is 6.92 Å². The number of nitrogens with one attached hydrogen (secondary N) is 1. The molecule has 0 aromatic carbocycles. The van der Waals surface area contributed by atoms with Gasteiger partial charge in [-0.2, -0.15) is 0 Å². The van der Waals surface area contributed by atoms with Crippen LogP contribution in [0.4, 0.5) is 0 Å². The van der Waals surface area contributed by atoms with Crippen molar-refractivity contribution in [3.8, 4) is 0 Å². The van der Waals surface area contributed by atoms with E-state index in [1.54, 1.807) is 7.11 Å². The van der Waals surface area contributed by atoms with Crippen molar-refractivity contribution in [3.05, 3.63) is 0 Å². The lowest BCUT2D eigenvalue weighted by molar-refractivity contribution is 0.108. The third-order valence-electron chi connectivity index (χ3n) is 0.845. The summed E-state index contributed by atoms with van der Waals surface area (Å²) in [6.45, 7) is 6.40. The molecule has 0 aliphatic rings. The first-order valence-corrected chi connectivity index (χ1v) is 5.26. The normalized spacial score (nSPS) is 14.6. The summed E-state index contributed by atoms with van der Waals surface area (Å²) in [7, 11) is 1.39. The molecule has 49 valence electrons. The van der Waals surface area contributed by atoms with Gasteiger partial charge < -0.3 is 9.72 Å². The molecule has 8 heavy (non-hydrogen) atoms. The van der Waals surface area contributed by atoms with Crippen LogP contribution in [0.5, 0.6) is 0 Å². The summed E-state index contributed by atoms with van der Waals surface area (Å²) in [5.74, 6) is 0. The Morgan fingerprint density at radius 1 is 1.50 bits per heavy atom. The first-order valence-electron chi connectivity index (χ1n) is 2.76. The Hall–Kier alpha value is 0.137. The zero-order valence-electron chi connectivity index (χ0n) is 5.99. The predicted octanol–water partition coefficient (Wildman–Crippen LogP) is 0.820. The smallest absolute Gasteiger partial charge is 0.129 e. The largest absolute Gasteiger partial charge is 0.368 e. The fourth-order valence-corrected chi connectivity index (χ4v) is 1.40. The molecule has 2 nitrogen and oxygen atoms in total. The van der Waals surface area contributed by atoms with E-state index < -0.39 is 0 Å². The van der Waals surface area contributed by atoms with Gasteiger partial charge in [-0.3, -0.25) is 0 Å². The monoisotopic (exact) mass is 132 g/mol. The average Bonchev–Trinajstić information content (AvgIpc) is 1.65. The van der Waals surface area contributed by atoms with E-state index >= 15 is 0 Å². The molecule has 1 unspecified atom stereocenters. The van der Waals surface area contributed by atoms with Gasteiger partial charge in [0.2, 0.25) is 0 Å². The van der Waals surface area contributed by atoms with Gasteiger partial charge in [0.25, 0.3) is 0 Å². The molecule has 0 amide bonds. The van der Waals surface area contributed by atoms with Crippen LogP contribution >= 0.6 is 0 Å². The molecule has 1 atom stereocenters. The van der Waals surface area contributed by atoms with E-state index in [0.717, 1.165) is 0 Å². The molecule has 3 heteroatoms. The van der Waals surface area contributed by atoms with Crippen molar-refractivity contribution in [2.75, 3.05) is 7.11 Å². The molecule has 0 aromatic heterocycles. The van der Waals surface area contributed by atoms with Crippen LogP contribution in [0, 0.1) is 0 Å². The van der Waals surface area contributed by atoms with Crippen LogP contribution in [-0.2, 0) is 4.74 Å². The van der Waals surface area contributed by atoms with E-state index in [4.69, 9.17) is 4.74 Å². The fraction of sp³-hybridized carbons (Fsp3) is 1.00. The molecule has 0 aliphatic heterocycles. The molecule has 0 heterocycles. The minimum absolute atomic E-state index is 0.221. The van der Waals surface area contributed by atoms with Crippen molar-refractivity contribution in [2.45, 2.75) is 26.2 Å². The Morgan fingerprint density at radius 2 is 2.00 bits per heavy atom. The first-order chi connectivity index (χ1) is 3.66. The molecular weight excluding hydrogens is 118 g/mol. The molecule has 0 aliphatic carbocycles. The van der Waals surface area contributed by atoms with Gasteiger partial charge in [0.05, 0.1) is 6.23 Å². The zero-order chi connectivity index (χ0) is 6.57. The molecular formula is C5H14NOSi. The van der Waals surface area contributed by atoms with Crippen molar-refractivity contribution in [2.24, 2.45) is 0 Å². The molecule has 0 rings (SSSR count). The molecule has 0 aromatic rings. The summed E-state index contributed by atoms with van der Waals surface area (Å²) in [4.78, 5) is 3.27. The van der Waals surface area contributed by atoms with Crippen molar-refractivity contribution in [1.29, 1.82) is 0 Å². The van der Waals surface area contributed by atoms with Gasteiger partial charge in [-0.1, -0.05) is 13.1 Å². The van der Waals surface area contributed by atoms with Gasteiger partial charge in [-0.15, -0.1) is 0 Å². The minimum Gasteiger partial charge on any atom is -0.368 e. The molecule has 0 saturated carbocycles. The van der Waals surface area contributed by atoms with E-state index in [0.29, 0.717) is 0 Å². The van der Waals surface area contributed by atoms with Gasteiger partial charge in [0, 0.05) is 7.11 Å². The fourth-order valence-electron chi connectivity index (χ4n) is 0.465. The Labute approximate surface area is 52.9 Å². The summed E-state index contributed by atoms with van der Waals surface area (Å²) >= 11 is 0. The summed E-state index contributed by atoms with van der Waals surface area (Å²) < 4.78 is 4.98. The number of ether oxygens (including phenoxy) is 1. The predicted molar refractivity (Wildman–Crippen MR) is 37.1 cm³/mol. The molecule has 0 fully saturated rings. The summed E-state index contributed by atoms with van der Waals surface area (Å²) in [6, 6.07) is 0. The van der Waals surface area contributed by atoms with Crippen molar-refractivity contribution in [1.82, 2.24) is 4.98 Å². The van der Waals surface area contributed by atoms with E-state index in [-0.39, 0.29) is 15.2 Å². The van der Waals surface area contributed by atoms with Crippen LogP contribution in [0.2, 0.25) is 13.1 Å². The van der Waals surface area contributed by atoms with E-state index in [1.807, 2.05) is 6.92 Å². The second-order valence-electron chi connectivity index (χ2n) is 2.02. The van der Waals surface area contributed by atoms with Gasteiger partial charge in [0.1, 0.15) is 8.96 Å². The van der Waals surface area contributed by atoms with Crippen LogP contribution in [-0.4, -0.2) is 22.3 Å². The van der Waals surface area contributed by atoms with Crippen molar-refractivity contribution >= 4 is 8.96 Å². The molecule has 0 bridgehead atoms. The highest BCUT2D eigenvalue weighted by molar-refractivity contribution is 6.52. The quantitative estimate of drug-likeness (QED) is 0.453. The SMILES string of the molecule is COC(C)N[Si](C)C. The van der Waals surface area contributed by atoms with E-state index in [2.05, 4.69) is 18.1 Å². The highest BCUT2D eigenvalue weighted by Crippen LogP contribution is 1.81. The number of methoxy groups -OCH3 is 1. The summed E-state index contributed by atoms with van der Waals surface area (Å²) in [5.41, 5.74) is 0. The molecule has 1 N–H and O–H groups in total. The third kappa shape index (κ3) is 4.30. The second-order valence-corrected chi connectivity index (χ2v) is 4.31. The maximum absolute atomic E-state index is 4.98. The van der Waals surface area contributed by atoms with Gasteiger partial charge in [-0.05, 0) is 6.92 Å². The standard InChI is InChI=1S/C5H14NOSi/c1-5(7-2)6-8(3)4/h5-6H,1-4H3. The lowest BCUT2D eigenvalue weighted by Gasteiger charge is -2.12. The lowest BCUT2D eigenvalue weighted by Crippen LogP contribution is -2.36. The molecule has 0 spiro atoms. The Morgan fingerprint density at radius 3 is 2.12 bits per heavy atom. The van der Waals surface area contributed by atoms with Crippen molar-refractivity contribution < 1.29 is 4.74 Å². The van der Waals surface area contributed by atoms with Crippen LogP contribution in [0.25, 0.3) is 0 Å². The average molecular weight is 132 g/mol. The number of hydrogen-bond donors (Lipinski definition) is 1. The number of hydrogen-bond acceptors (Lipinski definition) is 2. The van der Waals surface area contributed by atoms with Crippen molar-refractivity contribution in [3.63, 3.8) is 0 Å². The Balaban J connectivity index is 3.10. The van der Waals surface area contributed by atoms with E-state index in [9.17, 15) is 0 Å². The first kappa shape index (κ1) is 8.14. The Kier molecular flexibility index (Phi) is 4.13. The summed E-state index contributed by atoms with van der Waals surface area (Å²) in [5, 5.41) is 0. The van der Waals surface area contributed by atoms with Crippen LogP contribution < -0.4 is 4.98 Å². The Bertz CT molecular complexity index is 58.4. The van der Waals surface area contributed by atoms with Gasteiger partial charge in [0.15, 0.2) is 0 Å². The molecule has 1 radical (unpaired) electrons. The second kappa shape index (κ2) is 4.06. The van der Waals surface area contributed by atoms with Crippen LogP contribution in [0.3, 0.4) is 0 Å².